The molecule has 0 aliphatic rings. The predicted molar refractivity (Wildman–Crippen MR) is 63.3 cm³/mol. The molecule has 16 heavy (non-hydrogen) atoms. The molecule has 0 saturated heterocycles. The van der Waals surface area contributed by atoms with Gasteiger partial charge in [0.1, 0.15) is 0 Å². The Bertz CT molecular complexity index is 517. The van der Waals surface area contributed by atoms with E-state index in [-0.39, 0.29) is 6.61 Å². The first kappa shape index (κ1) is 10.8. The van der Waals surface area contributed by atoms with E-state index in [4.69, 9.17) is 5.11 Å². The lowest BCUT2D eigenvalue weighted by Crippen LogP contribution is -1.89. The van der Waals surface area contributed by atoms with E-state index in [0.29, 0.717) is 6.42 Å². The normalized spacial score (nSPS) is 10.9. The summed E-state index contributed by atoms with van der Waals surface area (Å²) < 4.78 is 1.36. The molecule has 0 aliphatic carbocycles. The Morgan fingerprint density at radius 2 is 2.19 bits per heavy atom. The topological polar surface area (TPSA) is 54.6 Å². The van der Waals surface area contributed by atoms with Crippen molar-refractivity contribution in [3.63, 3.8) is 0 Å². The van der Waals surface area contributed by atoms with Crippen LogP contribution in [0.5, 0.6) is 0 Å². The van der Waals surface area contributed by atoms with Gasteiger partial charge in [-0.3, -0.25) is 0 Å². The molecule has 0 radical (unpaired) electrons. The highest BCUT2D eigenvalue weighted by Crippen LogP contribution is 2.25. The van der Waals surface area contributed by atoms with Gasteiger partial charge in [-0.1, -0.05) is 25.1 Å². The van der Waals surface area contributed by atoms with Crippen molar-refractivity contribution in [3.8, 4) is 0 Å². The average molecular weight is 218 g/mol. The standard InChI is InChI=1S/C12H14N2O2/c1-2-9-4-3-5-11-10(6-7-15)8-14(13-16)12(9)11/h3-5,8,15H,2,6-7H2,1H3. The van der Waals surface area contributed by atoms with E-state index in [0.717, 1.165) is 28.5 Å². The summed E-state index contributed by atoms with van der Waals surface area (Å²) in [6.45, 7) is 2.12. The number of hydrogen-bond donors (Lipinski definition) is 1. The van der Waals surface area contributed by atoms with Crippen LogP contribution >= 0.6 is 0 Å². The van der Waals surface area contributed by atoms with Gasteiger partial charge in [-0.05, 0) is 24.0 Å². The summed E-state index contributed by atoms with van der Waals surface area (Å²) in [5.74, 6) is 0. The fourth-order valence-corrected chi connectivity index (χ4v) is 2.07. The summed E-state index contributed by atoms with van der Waals surface area (Å²) in [5.41, 5.74) is 2.93. The number of para-hydroxylation sites is 1. The van der Waals surface area contributed by atoms with Gasteiger partial charge in [0.25, 0.3) is 0 Å². The number of hydrogen-bond acceptors (Lipinski definition) is 3. The zero-order valence-corrected chi connectivity index (χ0v) is 9.18. The molecule has 0 amide bonds. The minimum Gasteiger partial charge on any atom is -0.396 e. The molecule has 0 atom stereocenters. The summed E-state index contributed by atoms with van der Waals surface area (Å²) in [6.07, 6.45) is 3.11. The maximum absolute atomic E-state index is 10.8. The van der Waals surface area contributed by atoms with E-state index in [9.17, 15) is 4.91 Å². The van der Waals surface area contributed by atoms with Crippen LogP contribution in [0.1, 0.15) is 18.1 Å². The zero-order chi connectivity index (χ0) is 11.5. The van der Waals surface area contributed by atoms with Crippen LogP contribution in [-0.4, -0.2) is 16.4 Å². The van der Waals surface area contributed by atoms with Gasteiger partial charge in [-0.25, -0.2) is 4.68 Å². The highest BCUT2D eigenvalue weighted by Gasteiger charge is 2.11. The van der Waals surface area contributed by atoms with Crippen molar-refractivity contribution in [2.24, 2.45) is 5.29 Å². The molecular formula is C12H14N2O2. The maximum atomic E-state index is 10.8. The number of aryl methyl sites for hydroxylation is 1. The van der Waals surface area contributed by atoms with E-state index in [1.807, 2.05) is 25.1 Å². The SMILES string of the molecule is CCc1cccc2c(CCO)cn(N=O)c12. The summed E-state index contributed by atoms with van der Waals surface area (Å²) in [4.78, 5) is 10.8. The van der Waals surface area contributed by atoms with Gasteiger partial charge in [0.2, 0.25) is 0 Å². The molecule has 2 rings (SSSR count). The lowest BCUT2D eigenvalue weighted by Gasteiger charge is -2.01. The summed E-state index contributed by atoms with van der Waals surface area (Å²) in [6, 6.07) is 5.92. The molecule has 2 aromatic rings. The zero-order valence-electron chi connectivity index (χ0n) is 9.18. The second kappa shape index (κ2) is 4.45. The number of fused-ring (bicyclic) bond motifs is 1. The molecule has 1 aromatic heterocycles. The molecule has 0 saturated carbocycles. The molecule has 0 spiro atoms. The Kier molecular flexibility index (Phi) is 3.01. The van der Waals surface area contributed by atoms with E-state index >= 15 is 0 Å². The van der Waals surface area contributed by atoms with Gasteiger partial charge >= 0.3 is 0 Å². The van der Waals surface area contributed by atoms with Gasteiger partial charge < -0.3 is 5.11 Å². The van der Waals surface area contributed by atoms with Gasteiger partial charge in [-0.2, -0.15) is 0 Å². The third-order valence-electron chi connectivity index (χ3n) is 2.82. The Morgan fingerprint density at radius 1 is 1.38 bits per heavy atom. The summed E-state index contributed by atoms with van der Waals surface area (Å²) in [7, 11) is 0. The summed E-state index contributed by atoms with van der Waals surface area (Å²) >= 11 is 0. The van der Waals surface area contributed by atoms with Crippen LogP contribution in [0, 0.1) is 4.91 Å². The number of benzene rings is 1. The highest BCUT2D eigenvalue weighted by atomic mass is 16.3. The van der Waals surface area contributed by atoms with Crippen molar-refractivity contribution in [1.29, 1.82) is 0 Å². The first-order valence-electron chi connectivity index (χ1n) is 5.38. The number of rotatable bonds is 4. The van der Waals surface area contributed by atoms with Crippen molar-refractivity contribution in [1.82, 2.24) is 4.68 Å². The van der Waals surface area contributed by atoms with Crippen LogP contribution in [-0.2, 0) is 12.8 Å². The average Bonchev–Trinajstić information content (AvgIpc) is 2.68. The largest absolute Gasteiger partial charge is 0.396 e. The fourth-order valence-electron chi connectivity index (χ4n) is 2.07. The monoisotopic (exact) mass is 218 g/mol. The first-order valence-corrected chi connectivity index (χ1v) is 5.38. The van der Waals surface area contributed by atoms with Gasteiger partial charge in [-0.15, -0.1) is 4.91 Å². The maximum Gasteiger partial charge on any atom is 0.0785 e. The van der Waals surface area contributed by atoms with Crippen LogP contribution in [0.4, 0.5) is 0 Å². The molecule has 1 N–H and O–H groups in total. The summed E-state index contributed by atoms with van der Waals surface area (Å²) in [5, 5.41) is 13.0. The van der Waals surface area contributed by atoms with Crippen LogP contribution in [0.3, 0.4) is 0 Å². The van der Waals surface area contributed by atoms with E-state index < -0.39 is 0 Å². The lowest BCUT2D eigenvalue weighted by molar-refractivity contribution is 0.300. The molecule has 0 fully saturated rings. The number of nitroso groups, excluding NO2 is 1. The third kappa shape index (κ3) is 1.61. The van der Waals surface area contributed by atoms with Crippen molar-refractivity contribution >= 4 is 10.9 Å². The number of aliphatic hydroxyl groups is 1. The molecular weight excluding hydrogens is 204 g/mol. The quantitative estimate of drug-likeness (QED) is 0.800. The van der Waals surface area contributed by atoms with Crippen LogP contribution in [0.2, 0.25) is 0 Å². The molecule has 1 heterocycles. The molecule has 1 aromatic carbocycles. The van der Waals surface area contributed by atoms with Crippen LogP contribution in [0.25, 0.3) is 10.9 Å². The molecule has 84 valence electrons. The Hall–Kier alpha value is -1.68. The van der Waals surface area contributed by atoms with E-state index in [2.05, 4.69) is 5.29 Å². The molecule has 0 aliphatic heterocycles. The molecule has 4 heteroatoms. The second-order valence-electron chi connectivity index (χ2n) is 3.72. The molecule has 4 nitrogen and oxygen atoms in total. The third-order valence-corrected chi connectivity index (χ3v) is 2.82. The first-order chi connectivity index (χ1) is 7.81. The van der Waals surface area contributed by atoms with Crippen molar-refractivity contribution in [2.45, 2.75) is 19.8 Å². The Morgan fingerprint density at radius 3 is 2.81 bits per heavy atom. The van der Waals surface area contributed by atoms with E-state index in [1.165, 1.54) is 4.68 Å². The Balaban J connectivity index is 2.73. The molecule has 0 bridgehead atoms. The smallest absolute Gasteiger partial charge is 0.0785 e. The van der Waals surface area contributed by atoms with Crippen molar-refractivity contribution < 1.29 is 5.11 Å². The minimum atomic E-state index is 0.0777. The number of aliphatic hydroxyl groups excluding tert-OH is 1. The van der Waals surface area contributed by atoms with E-state index in [1.54, 1.807) is 6.20 Å². The highest BCUT2D eigenvalue weighted by molar-refractivity contribution is 5.86. The predicted octanol–water partition coefficient (Wildman–Crippen LogP) is 2.27. The second-order valence-corrected chi connectivity index (χ2v) is 3.72. The van der Waals surface area contributed by atoms with Gasteiger partial charge in [0, 0.05) is 18.2 Å². The minimum absolute atomic E-state index is 0.0777. The Labute approximate surface area is 93.5 Å². The van der Waals surface area contributed by atoms with Gasteiger partial charge in [0.05, 0.1) is 10.8 Å². The lowest BCUT2D eigenvalue weighted by atomic mass is 10.1. The molecule has 0 unspecified atom stereocenters. The van der Waals surface area contributed by atoms with Crippen molar-refractivity contribution in [2.75, 3.05) is 6.61 Å². The van der Waals surface area contributed by atoms with Crippen LogP contribution < -0.4 is 0 Å². The van der Waals surface area contributed by atoms with Crippen LogP contribution in [0.15, 0.2) is 29.7 Å². The van der Waals surface area contributed by atoms with Gasteiger partial charge in [0.15, 0.2) is 0 Å². The van der Waals surface area contributed by atoms with Crippen molar-refractivity contribution in [3.05, 3.63) is 40.4 Å². The number of nitrogens with zero attached hydrogens (tertiary/aromatic N) is 2. The fraction of sp³-hybridized carbons (Fsp3) is 0.333. The number of aromatic nitrogens is 1.